The van der Waals surface area contributed by atoms with Gasteiger partial charge >= 0.3 is 0 Å². The molecule has 0 unspecified atom stereocenters. The van der Waals surface area contributed by atoms with Crippen LogP contribution in [0.4, 0.5) is 0 Å². The molecule has 0 aliphatic heterocycles. The molecule has 3 nitrogen and oxygen atoms in total. The molecular weight excluding hydrogens is 202 g/mol. The highest BCUT2D eigenvalue weighted by atomic mass is 16.5. The van der Waals surface area contributed by atoms with Crippen LogP contribution in [0.25, 0.3) is 0 Å². The molecule has 0 amide bonds. The van der Waals surface area contributed by atoms with E-state index in [2.05, 4.69) is 6.07 Å². The second-order valence-corrected chi connectivity index (χ2v) is 5.44. The number of hydrogen-bond donors (Lipinski definition) is 1. The maximum Gasteiger partial charge on any atom is 0.0684 e. The maximum atomic E-state index is 9.02. The zero-order valence-electron chi connectivity index (χ0n) is 10.4. The van der Waals surface area contributed by atoms with Crippen molar-refractivity contribution >= 4 is 0 Å². The number of aliphatic hydroxyl groups excluding tert-OH is 1. The highest BCUT2D eigenvalue weighted by molar-refractivity contribution is 4.91. The number of nitriles is 1. The minimum Gasteiger partial charge on any atom is -0.396 e. The lowest BCUT2D eigenvalue weighted by molar-refractivity contribution is 0.00359. The topological polar surface area (TPSA) is 53.2 Å². The Morgan fingerprint density at radius 2 is 1.94 bits per heavy atom. The first-order valence-corrected chi connectivity index (χ1v) is 6.21. The van der Waals surface area contributed by atoms with Gasteiger partial charge in [0.05, 0.1) is 17.6 Å². The van der Waals surface area contributed by atoms with Crippen LogP contribution in [0.15, 0.2) is 0 Å². The molecule has 0 heterocycles. The molecule has 1 aliphatic carbocycles. The van der Waals surface area contributed by atoms with Gasteiger partial charge in [-0.2, -0.15) is 5.26 Å². The summed E-state index contributed by atoms with van der Waals surface area (Å²) in [5.74, 6) is 0.482. The van der Waals surface area contributed by atoms with Crippen LogP contribution >= 0.6 is 0 Å². The molecule has 0 radical (unpaired) electrons. The van der Waals surface area contributed by atoms with Gasteiger partial charge in [-0.05, 0) is 51.9 Å². The molecular formula is C13H23NO2. The summed E-state index contributed by atoms with van der Waals surface area (Å²) in [5.41, 5.74) is -0.275. The van der Waals surface area contributed by atoms with E-state index in [1.54, 1.807) is 0 Å². The molecule has 0 bridgehead atoms. The first-order chi connectivity index (χ1) is 7.57. The van der Waals surface area contributed by atoms with E-state index in [-0.39, 0.29) is 5.41 Å². The van der Waals surface area contributed by atoms with Crippen molar-refractivity contribution in [2.24, 2.45) is 11.3 Å². The molecule has 1 aliphatic rings. The zero-order chi connectivity index (χ0) is 12.0. The third kappa shape index (κ3) is 4.51. The molecule has 3 heteroatoms. The Hall–Kier alpha value is -0.590. The summed E-state index contributed by atoms with van der Waals surface area (Å²) in [6, 6.07) is 2.28. The quantitative estimate of drug-likeness (QED) is 0.782. The largest absolute Gasteiger partial charge is 0.396 e. The van der Waals surface area contributed by atoms with Gasteiger partial charge in [0.2, 0.25) is 0 Å². The van der Waals surface area contributed by atoms with Crippen LogP contribution in [0.5, 0.6) is 0 Å². The molecule has 0 spiro atoms. The van der Waals surface area contributed by atoms with Crippen LogP contribution in [-0.4, -0.2) is 24.4 Å². The van der Waals surface area contributed by atoms with E-state index in [4.69, 9.17) is 15.1 Å². The SMILES string of the molecule is CC(C)(C#N)CCOC1CCC(CO)CC1. The lowest BCUT2D eigenvalue weighted by Crippen LogP contribution is -2.24. The molecule has 1 rings (SSSR count). The Bertz CT molecular complexity index is 237. The van der Waals surface area contributed by atoms with Crippen molar-refractivity contribution in [3.8, 4) is 6.07 Å². The summed E-state index contributed by atoms with van der Waals surface area (Å²) in [7, 11) is 0. The standard InChI is InChI=1S/C13H23NO2/c1-13(2,10-14)7-8-16-12-5-3-11(9-15)4-6-12/h11-12,15H,3-9H2,1-2H3. The molecule has 1 saturated carbocycles. The van der Waals surface area contributed by atoms with Crippen LogP contribution in [0, 0.1) is 22.7 Å². The number of rotatable bonds is 5. The zero-order valence-corrected chi connectivity index (χ0v) is 10.4. The lowest BCUT2D eigenvalue weighted by atomic mass is 9.88. The van der Waals surface area contributed by atoms with Crippen LogP contribution in [0.2, 0.25) is 0 Å². The van der Waals surface area contributed by atoms with Crippen LogP contribution in [-0.2, 0) is 4.74 Å². The van der Waals surface area contributed by atoms with Gasteiger partial charge in [0.15, 0.2) is 0 Å². The van der Waals surface area contributed by atoms with E-state index in [1.165, 1.54) is 0 Å². The van der Waals surface area contributed by atoms with Crippen molar-refractivity contribution in [3.63, 3.8) is 0 Å². The molecule has 0 atom stereocenters. The predicted molar refractivity (Wildman–Crippen MR) is 62.8 cm³/mol. The van der Waals surface area contributed by atoms with Crippen molar-refractivity contribution in [1.29, 1.82) is 5.26 Å². The second kappa shape index (κ2) is 6.22. The molecule has 16 heavy (non-hydrogen) atoms. The van der Waals surface area contributed by atoms with Gasteiger partial charge in [0, 0.05) is 13.2 Å². The molecule has 92 valence electrons. The monoisotopic (exact) mass is 225 g/mol. The number of hydrogen-bond acceptors (Lipinski definition) is 3. The minimum absolute atomic E-state index is 0.275. The molecule has 0 aromatic heterocycles. The maximum absolute atomic E-state index is 9.02. The first kappa shape index (κ1) is 13.5. The Balaban J connectivity index is 2.14. The molecule has 1 N–H and O–H groups in total. The molecule has 0 aromatic rings. The summed E-state index contributed by atoms with van der Waals surface area (Å²) in [6.07, 6.45) is 5.39. The van der Waals surface area contributed by atoms with Gasteiger partial charge in [-0.3, -0.25) is 0 Å². The average Bonchev–Trinajstić information content (AvgIpc) is 2.30. The fourth-order valence-electron chi connectivity index (χ4n) is 2.02. The normalized spacial score (nSPS) is 26.4. The number of nitrogens with zero attached hydrogens (tertiary/aromatic N) is 1. The summed E-state index contributed by atoms with van der Waals surface area (Å²) < 4.78 is 5.78. The Morgan fingerprint density at radius 1 is 1.31 bits per heavy atom. The van der Waals surface area contributed by atoms with Crippen molar-refractivity contribution in [1.82, 2.24) is 0 Å². The second-order valence-electron chi connectivity index (χ2n) is 5.44. The van der Waals surface area contributed by atoms with Crippen molar-refractivity contribution in [3.05, 3.63) is 0 Å². The third-order valence-electron chi connectivity index (χ3n) is 3.44. The van der Waals surface area contributed by atoms with E-state index in [0.717, 1.165) is 32.1 Å². The van der Waals surface area contributed by atoms with E-state index < -0.39 is 0 Å². The van der Waals surface area contributed by atoms with Gasteiger partial charge in [-0.1, -0.05) is 0 Å². The van der Waals surface area contributed by atoms with E-state index in [9.17, 15) is 0 Å². The lowest BCUT2D eigenvalue weighted by Gasteiger charge is -2.28. The van der Waals surface area contributed by atoms with E-state index in [0.29, 0.717) is 25.2 Å². The smallest absolute Gasteiger partial charge is 0.0684 e. The minimum atomic E-state index is -0.275. The van der Waals surface area contributed by atoms with Crippen molar-refractivity contribution in [2.45, 2.75) is 52.1 Å². The highest BCUT2D eigenvalue weighted by Gasteiger charge is 2.22. The summed E-state index contributed by atoms with van der Waals surface area (Å²) >= 11 is 0. The molecule has 1 fully saturated rings. The summed E-state index contributed by atoms with van der Waals surface area (Å²) in [6.45, 7) is 4.88. The van der Waals surface area contributed by atoms with Crippen molar-refractivity contribution < 1.29 is 9.84 Å². The Labute approximate surface area is 98.4 Å². The first-order valence-electron chi connectivity index (χ1n) is 6.21. The summed E-state index contributed by atoms with van der Waals surface area (Å²) in [5, 5.41) is 17.9. The number of ether oxygens (including phenoxy) is 1. The van der Waals surface area contributed by atoms with Gasteiger partial charge in [-0.15, -0.1) is 0 Å². The van der Waals surface area contributed by atoms with Gasteiger partial charge in [0.1, 0.15) is 0 Å². The Kier molecular flexibility index (Phi) is 5.24. The van der Waals surface area contributed by atoms with Crippen LogP contribution in [0.1, 0.15) is 46.0 Å². The fraction of sp³-hybridized carbons (Fsp3) is 0.923. The van der Waals surface area contributed by atoms with Gasteiger partial charge in [0.25, 0.3) is 0 Å². The highest BCUT2D eigenvalue weighted by Crippen LogP contribution is 2.26. The predicted octanol–water partition coefficient (Wildman–Crippen LogP) is 2.49. The third-order valence-corrected chi connectivity index (χ3v) is 3.44. The van der Waals surface area contributed by atoms with Crippen LogP contribution in [0.3, 0.4) is 0 Å². The molecule has 0 saturated heterocycles. The van der Waals surface area contributed by atoms with Crippen molar-refractivity contribution in [2.75, 3.05) is 13.2 Å². The number of aliphatic hydroxyl groups is 1. The molecule has 0 aromatic carbocycles. The fourth-order valence-corrected chi connectivity index (χ4v) is 2.02. The van der Waals surface area contributed by atoms with Gasteiger partial charge < -0.3 is 9.84 Å². The Morgan fingerprint density at radius 3 is 2.44 bits per heavy atom. The van der Waals surface area contributed by atoms with Crippen LogP contribution < -0.4 is 0 Å². The average molecular weight is 225 g/mol. The van der Waals surface area contributed by atoms with E-state index in [1.807, 2.05) is 13.8 Å². The van der Waals surface area contributed by atoms with Gasteiger partial charge in [-0.25, -0.2) is 0 Å². The van der Waals surface area contributed by atoms with E-state index >= 15 is 0 Å². The summed E-state index contributed by atoms with van der Waals surface area (Å²) in [4.78, 5) is 0.